The minimum atomic E-state index is -0.890. The first-order valence-corrected chi connectivity index (χ1v) is 18.1. The van der Waals surface area contributed by atoms with E-state index in [0.29, 0.717) is 6.61 Å². The van der Waals surface area contributed by atoms with Crippen LogP contribution in [0.2, 0.25) is 0 Å². The van der Waals surface area contributed by atoms with Crippen LogP contribution in [0.3, 0.4) is 0 Å². The van der Waals surface area contributed by atoms with Crippen molar-refractivity contribution in [1.82, 2.24) is 0 Å². The Morgan fingerprint density at radius 2 is 1.07 bits per heavy atom. The van der Waals surface area contributed by atoms with Crippen molar-refractivity contribution in [2.75, 3.05) is 6.61 Å². The van der Waals surface area contributed by atoms with Gasteiger partial charge in [-0.2, -0.15) is 0 Å². The third-order valence-corrected chi connectivity index (χ3v) is 10.7. The van der Waals surface area contributed by atoms with Gasteiger partial charge in [-0.15, -0.1) is 0 Å². The highest BCUT2D eigenvalue weighted by Gasteiger charge is 2.21. The summed E-state index contributed by atoms with van der Waals surface area (Å²) in [5.74, 6) is 0. The SMILES string of the molecule is CCO/C=C/C(Sc1ccccc1)=C(\Sc1ccccc1)C(O)/C=C(Sc1ccccc1)/C(=C/C(C)(C)C)Sc1ccccc1. The summed E-state index contributed by atoms with van der Waals surface area (Å²) in [7, 11) is 0. The number of allylic oxidation sites excluding steroid dienone is 2. The lowest BCUT2D eigenvalue weighted by Crippen LogP contribution is -2.08. The van der Waals surface area contributed by atoms with E-state index in [4.69, 9.17) is 4.74 Å². The highest BCUT2D eigenvalue weighted by Crippen LogP contribution is 2.45. The Kier molecular flexibility index (Phi) is 14.1. The van der Waals surface area contributed by atoms with Gasteiger partial charge in [0, 0.05) is 39.2 Å². The van der Waals surface area contributed by atoms with Gasteiger partial charge in [0.15, 0.2) is 0 Å². The van der Waals surface area contributed by atoms with E-state index in [2.05, 4.69) is 99.6 Å². The first kappa shape index (κ1) is 34.9. The van der Waals surface area contributed by atoms with Crippen molar-refractivity contribution in [2.45, 2.75) is 53.4 Å². The molecule has 1 atom stereocenters. The zero-order chi connectivity index (χ0) is 31.9. The van der Waals surface area contributed by atoms with E-state index < -0.39 is 6.10 Å². The van der Waals surface area contributed by atoms with E-state index >= 15 is 0 Å². The van der Waals surface area contributed by atoms with Gasteiger partial charge in [-0.05, 0) is 73.0 Å². The third-order valence-electron chi connectivity index (χ3n) is 5.99. The molecule has 4 aromatic carbocycles. The molecule has 1 N–H and O–H groups in total. The number of aliphatic hydroxyl groups is 1. The number of hydrogen-bond acceptors (Lipinski definition) is 6. The summed E-state index contributed by atoms with van der Waals surface area (Å²) in [4.78, 5) is 8.26. The monoisotopic (exact) mass is 668 g/mol. The lowest BCUT2D eigenvalue weighted by atomic mass is 9.96. The van der Waals surface area contributed by atoms with Crippen LogP contribution in [0.1, 0.15) is 27.7 Å². The van der Waals surface area contributed by atoms with E-state index in [9.17, 15) is 5.11 Å². The number of hydrogen-bond donors (Lipinski definition) is 1. The Hall–Kier alpha value is -3.00. The minimum Gasteiger partial charge on any atom is -0.501 e. The molecule has 232 valence electrons. The molecule has 6 heteroatoms. The Bertz CT molecular complexity index is 1570. The predicted octanol–water partition coefficient (Wildman–Crippen LogP) is 12.1. The Balaban J connectivity index is 1.88. The van der Waals surface area contributed by atoms with E-state index in [-0.39, 0.29) is 5.41 Å². The zero-order valence-corrected chi connectivity index (χ0v) is 29.4. The molecule has 0 aromatic heterocycles. The molecule has 0 bridgehead atoms. The van der Waals surface area contributed by atoms with Gasteiger partial charge in [0.1, 0.15) is 6.10 Å². The molecule has 45 heavy (non-hydrogen) atoms. The van der Waals surface area contributed by atoms with Crippen LogP contribution < -0.4 is 0 Å². The molecule has 1 unspecified atom stereocenters. The summed E-state index contributed by atoms with van der Waals surface area (Å²) in [6.45, 7) is 9.17. The van der Waals surface area contributed by atoms with Crippen molar-refractivity contribution >= 4 is 47.0 Å². The summed E-state index contributed by atoms with van der Waals surface area (Å²) in [5.41, 5.74) is -0.0790. The normalized spacial score (nSPS) is 13.9. The second-order valence-electron chi connectivity index (χ2n) is 11.0. The van der Waals surface area contributed by atoms with Crippen molar-refractivity contribution in [3.8, 4) is 0 Å². The fourth-order valence-corrected chi connectivity index (χ4v) is 8.35. The molecule has 0 heterocycles. The van der Waals surface area contributed by atoms with Gasteiger partial charge in [0.25, 0.3) is 0 Å². The quantitative estimate of drug-likeness (QED) is 0.0817. The van der Waals surface area contributed by atoms with Crippen molar-refractivity contribution in [3.63, 3.8) is 0 Å². The van der Waals surface area contributed by atoms with Crippen LogP contribution in [-0.2, 0) is 4.74 Å². The highest BCUT2D eigenvalue weighted by atomic mass is 32.2. The highest BCUT2D eigenvalue weighted by molar-refractivity contribution is 8.08. The molecule has 0 amide bonds. The van der Waals surface area contributed by atoms with E-state index in [1.54, 1.807) is 53.3 Å². The van der Waals surface area contributed by atoms with Crippen molar-refractivity contribution in [3.05, 3.63) is 165 Å². The first-order valence-electron chi connectivity index (χ1n) is 14.9. The Morgan fingerprint density at radius 3 is 1.51 bits per heavy atom. The van der Waals surface area contributed by atoms with E-state index in [1.807, 2.05) is 67.6 Å². The minimum absolute atomic E-state index is 0.0790. The van der Waals surface area contributed by atoms with Crippen molar-refractivity contribution < 1.29 is 9.84 Å². The molecule has 0 aliphatic carbocycles. The number of benzene rings is 4. The topological polar surface area (TPSA) is 29.5 Å². The van der Waals surface area contributed by atoms with Gasteiger partial charge in [-0.3, -0.25) is 0 Å². The van der Waals surface area contributed by atoms with E-state index in [1.165, 1.54) is 0 Å². The lowest BCUT2D eigenvalue weighted by molar-refractivity contribution is 0.266. The molecule has 4 aromatic rings. The summed E-state index contributed by atoms with van der Waals surface area (Å²) in [5, 5.41) is 12.2. The third kappa shape index (κ3) is 12.4. The molecular weight excluding hydrogens is 629 g/mol. The smallest absolute Gasteiger partial charge is 0.106 e. The molecule has 0 spiro atoms. The maximum absolute atomic E-state index is 12.2. The molecule has 0 radical (unpaired) electrons. The van der Waals surface area contributed by atoms with Crippen LogP contribution in [0.25, 0.3) is 0 Å². The van der Waals surface area contributed by atoms with Crippen molar-refractivity contribution in [2.24, 2.45) is 5.41 Å². The molecular formula is C39H40O2S4. The lowest BCUT2D eigenvalue weighted by Gasteiger charge is -2.21. The summed E-state index contributed by atoms with van der Waals surface area (Å²) >= 11 is 6.61. The van der Waals surface area contributed by atoms with Gasteiger partial charge < -0.3 is 9.84 Å². The average Bonchev–Trinajstić information content (AvgIpc) is 3.04. The molecule has 0 saturated carbocycles. The number of ether oxygens (including phenoxy) is 1. The van der Waals surface area contributed by atoms with Gasteiger partial charge >= 0.3 is 0 Å². The second kappa shape index (κ2) is 18.2. The average molecular weight is 669 g/mol. The molecule has 0 aliphatic rings. The predicted molar refractivity (Wildman–Crippen MR) is 199 cm³/mol. The summed E-state index contributed by atoms with van der Waals surface area (Å²) < 4.78 is 5.65. The van der Waals surface area contributed by atoms with Crippen LogP contribution in [0.15, 0.2) is 185 Å². The first-order chi connectivity index (χ1) is 21.8. The van der Waals surface area contributed by atoms with Crippen molar-refractivity contribution in [1.29, 1.82) is 0 Å². The van der Waals surface area contributed by atoms with Gasteiger partial charge in [0.2, 0.25) is 0 Å². The number of thioether (sulfide) groups is 4. The van der Waals surface area contributed by atoms with Crippen LogP contribution in [0, 0.1) is 5.41 Å². The molecule has 0 fully saturated rings. The molecule has 0 aliphatic heterocycles. The Labute approximate surface area is 286 Å². The van der Waals surface area contributed by atoms with Gasteiger partial charge in [-0.25, -0.2) is 0 Å². The van der Waals surface area contributed by atoms with Crippen LogP contribution in [0.5, 0.6) is 0 Å². The fraction of sp³-hybridized carbons (Fsp3) is 0.179. The number of aliphatic hydroxyl groups excluding tert-OH is 1. The van der Waals surface area contributed by atoms with Gasteiger partial charge in [0.05, 0.1) is 12.9 Å². The largest absolute Gasteiger partial charge is 0.501 e. The standard InChI is InChI=1S/C39H40O2S4/c1-5-41-27-26-35(42-30-18-10-6-11-19-30)38(45-33-24-16-9-17-25-33)34(40)28-36(43-31-20-12-7-13-21-31)37(29-39(2,3)4)44-32-22-14-8-15-23-32/h6-29,34,40H,5H2,1-4H3/b27-26+,36-28-,37-29-,38-35+. The molecule has 4 rings (SSSR count). The zero-order valence-electron chi connectivity index (χ0n) is 26.1. The van der Waals surface area contributed by atoms with Crippen LogP contribution >= 0.6 is 47.0 Å². The Morgan fingerprint density at radius 1 is 0.644 bits per heavy atom. The van der Waals surface area contributed by atoms with Gasteiger partial charge in [-0.1, -0.05) is 147 Å². The van der Waals surface area contributed by atoms with Crippen LogP contribution in [-0.4, -0.2) is 17.8 Å². The van der Waals surface area contributed by atoms with Crippen LogP contribution in [0.4, 0.5) is 0 Å². The summed E-state index contributed by atoms with van der Waals surface area (Å²) in [6.07, 6.45) is 7.12. The maximum atomic E-state index is 12.2. The second-order valence-corrected chi connectivity index (χ2v) is 15.5. The number of rotatable bonds is 14. The molecule has 0 saturated heterocycles. The maximum Gasteiger partial charge on any atom is 0.106 e. The summed E-state index contributed by atoms with van der Waals surface area (Å²) in [6, 6.07) is 41.3. The fourth-order valence-electron chi connectivity index (χ4n) is 4.02. The van der Waals surface area contributed by atoms with E-state index in [0.717, 1.165) is 39.2 Å². The molecule has 2 nitrogen and oxygen atoms in total.